The molecule has 1 aromatic heterocycles. The zero-order valence-corrected chi connectivity index (χ0v) is 16.1. The van der Waals surface area contributed by atoms with E-state index in [1.54, 1.807) is 16.8 Å². The molecule has 1 aliphatic rings. The number of anilines is 1. The van der Waals surface area contributed by atoms with Crippen molar-refractivity contribution in [2.24, 2.45) is 0 Å². The summed E-state index contributed by atoms with van der Waals surface area (Å²) in [6.45, 7) is 6.60. The van der Waals surface area contributed by atoms with Gasteiger partial charge in [-0.25, -0.2) is 9.07 Å². The molecular formula is C22H23FN4O. The van der Waals surface area contributed by atoms with Crippen molar-refractivity contribution in [2.45, 2.75) is 13.8 Å². The van der Waals surface area contributed by atoms with Crippen LogP contribution in [0.25, 0.3) is 5.69 Å². The summed E-state index contributed by atoms with van der Waals surface area (Å²) in [4.78, 5) is 17.2. The van der Waals surface area contributed by atoms with E-state index in [0.29, 0.717) is 18.8 Å². The Balaban J connectivity index is 1.51. The number of benzene rings is 2. The van der Waals surface area contributed by atoms with E-state index in [4.69, 9.17) is 0 Å². The third kappa shape index (κ3) is 3.63. The highest BCUT2D eigenvalue weighted by atomic mass is 19.1. The number of nitrogens with zero attached hydrogens (tertiary/aromatic N) is 4. The monoisotopic (exact) mass is 378 g/mol. The molecule has 3 aromatic rings. The van der Waals surface area contributed by atoms with Gasteiger partial charge in [0.1, 0.15) is 11.5 Å². The second-order valence-corrected chi connectivity index (χ2v) is 7.18. The summed E-state index contributed by atoms with van der Waals surface area (Å²) in [6.07, 6.45) is 0. The maximum Gasteiger partial charge on any atom is 0.272 e. The fourth-order valence-corrected chi connectivity index (χ4v) is 3.59. The SMILES string of the molecule is Cc1cccc(-n2nc(C)cc2C(=O)N2CCN(c3ccc(F)cc3)CC2)c1. The van der Waals surface area contributed by atoms with Gasteiger partial charge in [-0.3, -0.25) is 4.79 Å². The van der Waals surface area contributed by atoms with Gasteiger partial charge < -0.3 is 9.80 Å². The normalized spacial score (nSPS) is 14.4. The van der Waals surface area contributed by atoms with Crippen LogP contribution in [-0.4, -0.2) is 46.8 Å². The molecule has 2 heterocycles. The number of halogens is 1. The van der Waals surface area contributed by atoms with Gasteiger partial charge in [-0.2, -0.15) is 5.10 Å². The molecule has 144 valence electrons. The topological polar surface area (TPSA) is 41.4 Å². The Morgan fingerprint density at radius 2 is 1.64 bits per heavy atom. The Bertz CT molecular complexity index is 988. The van der Waals surface area contributed by atoms with Gasteiger partial charge in [0.15, 0.2) is 0 Å². The van der Waals surface area contributed by atoms with Gasteiger partial charge in [0.25, 0.3) is 5.91 Å². The number of hydrogen-bond acceptors (Lipinski definition) is 3. The number of aryl methyl sites for hydroxylation is 2. The maximum absolute atomic E-state index is 13.2. The zero-order chi connectivity index (χ0) is 19.7. The zero-order valence-electron chi connectivity index (χ0n) is 16.1. The minimum absolute atomic E-state index is 0.0131. The van der Waals surface area contributed by atoms with Crippen LogP contribution in [0, 0.1) is 19.7 Å². The molecular weight excluding hydrogens is 355 g/mol. The molecule has 1 saturated heterocycles. The van der Waals surface area contributed by atoms with Crippen molar-refractivity contribution in [3.8, 4) is 5.69 Å². The van der Waals surface area contributed by atoms with E-state index in [1.807, 2.05) is 49.1 Å². The van der Waals surface area contributed by atoms with Crippen LogP contribution in [0.4, 0.5) is 10.1 Å². The first-order valence-corrected chi connectivity index (χ1v) is 9.45. The summed E-state index contributed by atoms with van der Waals surface area (Å²) >= 11 is 0. The Morgan fingerprint density at radius 3 is 2.32 bits per heavy atom. The number of aromatic nitrogens is 2. The molecule has 28 heavy (non-hydrogen) atoms. The summed E-state index contributed by atoms with van der Waals surface area (Å²) in [5.74, 6) is -0.252. The Morgan fingerprint density at radius 1 is 0.929 bits per heavy atom. The number of piperazine rings is 1. The number of amides is 1. The molecule has 1 amide bonds. The van der Waals surface area contributed by atoms with Crippen molar-refractivity contribution in [1.82, 2.24) is 14.7 Å². The third-order valence-corrected chi connectivity index (χ3v) is 5.06. The van der Waals surface area contributed by atoms with Gasteiger partial charge in [-0.1, -0.05) is 12.1 Å². The number of rotatable bonds is 3. The minimum Gasteiger partial charge on any atom is -0.368 e. The van der Waals surface area contributed by atoms with Crippen LogP contribution in [0.3, 0.4) is 0 Å². The largest absolute Gasteiger partial charge is 0.368 e. The van der Waals surface area contributed by atoms with Crippen molar-refractivity contribution < 1.29 is 9.18 Å². The molecule has 4 rings (SSSR count). The van der Waals surface area contributed by atoms with Crippen LogP contribution in [0.5, 0.6) is 0 Å². The maximum atomic E-state index is 13.2. The molecule has 0 saturated carbocycles. The Labute approximate surface area is 164 Å². The van der Waals surface area contributed by atoms with Gasteiger partial charge in [0.2, 0.25) is 0 Å². The summed E-state index contributed by atoms with van der Waals surface area (Å²) < 4.78 is 14.9. The van der Waals surface area contributed by atoms with Crippen molar-refractivity contribution >= 4 is 11.6 Å². The Hall–Kier alpha value is -3.15. The van der Waals surface area contributed by atoms with Crippen LogP contribution in [0.15, 0.2) is 54.6 Å². The minimum atomic E-state index is -0.239. The molecule has 6 heteroatoms. The molecule has 0 bridgehead atoms. The van der Waals surface area contributed by atoms with Crippen molar-refractivity contribution in [1.29, 1.82) is 0 Å². The van der Waals surface area contributed by atoms with Gasteiger partial charge in [0.05, 0.1) is 11.4 Å². The summed E-state index contributed by atoms with van der Waals surface area (Å²) in [6, 6.07) is 16.3. The number of carbonyl (C=O) groups excluding carboxylic acids is 1. The highest BCUT2D eigenvalue weighted by Gasteiger charge is 2.25. The van der Waals surface area contributed by atoms with Crippen LogP contribution in [0.1, 0.15) is 21.7 Å². The molecule has 2 aromatic carbocycles. The smallest absolute Gasteiger partial charge is 0.272 e. The first-order valence-electron chi connectivity index (χ1n) is 9.45. The average molecular weight is 378 g/mol. The highest BCUT2D eigenvalue weighted by Crippen LogP contribution is 2.20. The average Bonchev–Trinajstić information content (AvgIpc) is 3.10. The highest BCUT2D eigenvalue weighted by molar-refractivity contribution is 5.93. The lowest BCUT2D eigenvalue weighted by molar-refractivity contribution is 0.0737. The summed E-state index contributed by atoms with van der Waals surface area (Å²) in [5, 5.41) is 4.53. The van der Waals surface area contributed by atoms with Crippen molar-refractivity contribution in [3.63, 3.8) is 0 Å². The van der Waals surface area contributed by atoms with Crippen molar-refractivity contribution in [2.75, 3.05) is 31.1 Å². The second kappa shape index (κ2) is 7.46. The van der Waals surface area contributed by atoms with Crippen LogP contribution >= 0.6 is 0 Å². The standard InChI is InChI=1S/C22H23FN4O/c1-16-4-3-5-20(14-16)27-21(15-17(2)24-27)22(28)26-12-10-25(11-13-26)19-8-6-18(23)7-9-19/h3-9,14-15H,10-13H2,1-2H3. The van der Waals surface area contributed by atoms with Crippen LogP contribution in [0.2, 0.25) is 0 Å². The first kappa shape index (κ1) is 18.2. The molecule has 0 unspecified atom stereocenters. The van der Waals surface area contributed by atoms with Crippen LogP contribution in [-0.2, 0) is 0 Å². The molecule has 1 fully saturated rings. The van der Waals surface area contributed by atoms with E-state index in [0.717, 1.165) is 35.7 Å². The van der Waals surface area contributed by atoms with E-state index >= 15 is 0 Å². The quantitative estimate of drug-likeness (QED) is 0.699. The molecule has 0 radical (unpaired) electrons. The first-order chi connectivity index (χ1) is 13.5. The molecule has 0 atom stereocenters. The van der Waals surface area contributed by atoms with E-state index in [2.05, 4.69) is 10.00 Å². The van der Waals surface area contributed by atoms with E-state index in [9.17, 15) is 9.18 Å². The van der Waals surface area contributed by atoms with Gasteiger partial charge in [-0.15, -0.1) is 0 Å². The third-order valence-electron chi connectivity index (χ3n) is 5.06. The molecule has 0 N–H and O–H groups in total. The van der Waals surface area contributed by atoms with Gasteiger partial charge >= 0.3 is 0 Å². The predicted molar refractivity (Wildman–Crippen MR) is 108 cm³/mol. The molecule has 0 aliphatic carbocycles. The summed E-state index contributed by atoms with van der Waals surface area (Å²) in [5.41, 5.74) is 4.39. The van der Waals surface area contributed by atoms with E-state index in [-0.39, 0.29) is 11.7 Å². The van der Waals surface area contributed by atoms with E-state index in [1.165, 1.54) is 12.1 Å². The van der Waals surface area contributed by atoms with Crippen molar-refractivity contribution in [3.05, 3.63) is 77.4 Å². The fraction of sp³-hybridized carbons (Fsp3) is 0.273. The molecule has 5 nitrogen and oxygen atoms in total. The molecule has 0 spiro atoms. The lowest BCUT2D eigenvalue weighted by atomic mass is 10.2. The fourth-order valence-electron chi connectivity index (χ4n) is 3.59. The second-order valence-electron chi connectivity index (χ2n) is 7.18. The summed E-state index contributed by atoms with van der Waals surface area (Å²) in [7, 11) is 0. The Kier molecular flexibility index (Phi) is 4.86. The lowest BCUT2D eigenvalue weighted by Gasteiger charge is -2.36. The number of carbonyl (C=O) groups is 1. The van der Waals surface area contributed by atoms with Crippen LogP contribution < -0.4 is 4.90 Å². The van der Waals surface area contributed by atoms with Gasteiger partial charge in [0, 0.05) is 31.9 Å². The predicted octanol–water partition coefficient (Wildman–Crippen LogP) is 3.59. The molecule has 1 aliphatic heterocycles. The lowest BCUT2D eigenvalue weighted by Crippen LogP contribution is -2.49. The van der Waals surface area contributed by atoms with E-state index < -0.39 is 0 Å². The van der Waals surface area contributed by atoms with Gasteiger partial charge in [-0.05, 0) is 61.9 Å². The number of hydrogen-bond donors (Lipinski definition) is 0.